The molecule has 2 saturated heterocycles. The Morgan fingerprint density at radius 1 is 1.32 bits per heavy atom. The smallest absolute Gasteiger partial charge is 0.210 e. The number of nitrogens with one attached hydrogen (secondary N) is 1. The maximum atomic E-state index is 11.7. The number of fused-ring (bicyclic) bond motifs is 3. The molecule has 146 valence electrons. The van der Waals surface area contributed by atoms with Crippen LogP contribution in [-0.2, 0) is 4.79 Å². The van der Waals surface area contributed by atoms with Crippen molar-refractivity contribution < 1.29 is 9.90 Å². The molecule has 5 rings (SSSR count). The van der Waals surface area contributed by atoms with Crippen molar-refractivity contribution in [1.29, 1.82) is 0 Å². The van der Waals surface area contributed by atoms with E-state index in [1.54, 1.807) is 6.20 Å². The van der Waals surface area contributed by atoms with E-state index in [4.69, 9.17) is 0 Å². The van der Waals surface area contributed by atoms with Crippen LogP contribution >= 0.6 is 0 Å². The summed E-state index contributed by atoms with van der Waals surface area (Å²) in [5.74, 6) is 0.337. The van der Waals surface area contributed by atoms with Crippen LogP contribution in [-0.4, -0.2) is 67.7 Å². The molecule has 2 aliphatic rings. The van der Waals surface area contributed by atoms with Gasteiger partial charge < -0.3 is 15.0 Å². The van der Waals surface area contributed by atoms with Crippen molar-refractivity contribution in [3.05, 3.63) is 36.3 Å². The number of amides is 1. The Morgan fingerprint density at radius 3 is 3.00 bits per heavy atom. The number of aromatic nitrogens is 3. The van der Waals surface area contributed by atoms with Crippen LogP contribution in [0, 0.1) is 0 Å². The SMILES string of the molecule is CC1(O)CCN(C2CC(c3cc[nH]c4cnc5nccc5c34)CCN2C=O)C1. The third kappa shape index (κ3) is 2.86. The minimum atomic E-state index is -0.672. The van der Waals surface area contributed by atoms with Crippen molar-refractivity contribution in [2.45, 2.75) is 43.9 Å². The fourth-order valence-electron chi connectivity index (χ4n) is 4.99. The molecule has 0 spiro atoms. The first kappa shape index (κ1) is 17.6. The second kappa shape index (κ2) is 6.53. The number of hydrogen-bond acceptors (Lipinski definition) is 5. The molecule has 3 aromatic heterocycles. The number of carbonyl (C=O) groups excluding carboxylic acids is 1. The Hall–Kier alpha value is -2.51. The predicted octanol–water partition coefficient (Wildman–Crippen LogP) is 2.23. The van der Waals surface area contributed by atoms with Crippen molar-refractivity contribution in [1.82, 2.24) is 24.8 Å². The van der Waals surface area contributed by atoms with Gasteiger partial charge in [-0.3, -0.25) is 9.69 Å². The van der Waals surface area contributed by atoms with Gasteiger partial charge in [-0.05, 0) is 49.8 Å². The normalized spacial score (nSPS) is 29.0. The average molecular weight is 379 g/mol. The monoisotopic (exact) mass is 379 g/mol. The van der Waals surface area contributed by atoms with Crippen LogP contribution < -0.4 is 0 Å². The van der Waals surface area contributed by atoms with Crippen LogP contribution in [0.15, 0.2) is 30.7 Å². The molecule has 0 aromatic carbocycles. The van der Waals surface area contributed by atoms with Gasteiger partial charge in [0.2, 0.25) is 6.41 Å². The van der Waals surface area contributed by atoms with Crippen molar-refractivity contribution in [2.24, 2.45) is 0 Å². The zero-order valence-electron chi connectivity index (χ0n) is 16.0. The second-order valence-electron chi connectivity index (χ2n) is 8.42. The zero-order chi connectivity index (χ0) is 19.3. The summed E-state index contributed by atoms with van der Waals surface area (Å²) in [5, 5.41) is 12.7. The van der Waals surface area contributed by atoms with E-state index < -0.39 is 5.60 Å². The van der Waals surface area contributed by atoms with Gasteiger partial charge >= 0.3 is 0 Å². The second-order valence-corrected chi connectivity index (χ2v) is 8.42. The van der Waals surface area contributed by atoms with Gasteiger partial charge in [-0.2, -0.15) is 0 Å². The van der Waals surface area contributed by atoms with Crippen molar-refractivity contribution in [3.8, 4) is 0 Å². The van der Waals surface area contributed by atoms with Crippen LogP contribution in [0.3, 0.4) is 0 Å². The van der Waals surface area contributed by atoms with Crippen LogP contribution in [0.25, 0.3) is 21.9 Å². The van der Waals surface area contributed by atoms with Gasteiger partial charge in [-0.15, -0.1) is 0 Å². The molecule has 28 heavy (non-hydrogen) atoms. The van der Waals surface area contributed by atoms with E-state index in [2.05, 4.69) is 25.9 Å². The Morgan fingerprint density at radius 2 is 2.21 bits per heavy atom. The summed E-state index contributed by atoms with van der Waals surface area (Å²) in [7, 11) is 0. The van der Waals surface area contributed by atoms with Gasteiger partial charge in [0.05, 0.1) is 23.5 Å². The fourth-order valence-corrected chi connectivity index (χ4v) is 4.99. The molecule has 0 saturated carbocycles. The largest absolute Gasteiger partial charge is 0.389 e. The van der Waals surface area contributed by atoms with Crippen molar-refractivity contribution >= 4 is 28.3 Å². The zero-order valence-corrected chi connectivity index (χ0v) is 16.0. The molecule has 2 aliphatic heterocycles. The van der Waals surface area contributed by atoms with Gasteiger partial charge in [0.1, 0.15) is 0 Å². The number of piperidine rings is 1. The van der Waals surface area contributed by atoms with E-state index in [1.807, 2.05) is 30.3 Å². The average Bonchev–Trinajstić information content (AvgIpc) is 3.33. The number of β-amino-alcohol motifs (C(OH)–C–C–N with tert-alkyl or cyclic N) is 1. The molecule has 0 bridgehead atoms. The van der Waals surface area contributed by atoms with E-state index in [9.17, 15) is 9.90 Å². The van der Waals surface area contributed by atoms with Gasteiger partial charge in [-0.25, -0.2) is 9.97 Å². The maximum absolute atomic E-state index is 11.7. The molecule has 0 radical (unpaired) electrons. The minimum Gasteiger partial charge on any atom is -0.389 e. The lowest BCUT2D eigenvalue weighted by Gasteiger charge is -2.42. The first-order chi connectivity index (χ1) is 13.6. The van der Waals surface area contributed by atoms with Crippen LogP contribution in [0.4, 0.5) is 0 Å². The topological polar surface area (TPSA) is 85.3 Å². The highest BCUT2D eigenvalue weighted by atomic mass is 16.3. The number of aliphatic hydroxyl groups is 1. The Balaban J connectivity index is 1.53. The third-order valence-electron chi connectivity index (χ3n) is 6.42. The number of likely N-dealkylation sites (tertiary alicyclic amines) is 2. The Kier molecular flexibility index (Phi) is 4.10. The minimum absolute atomic E-state index is 0.0274. The molecule has 3 aromatic rings. The summed E-state index contributed by atoms with van der Waals surface area (Å²) in [6.07, 6.45) is 9.16. The van der Waals surface area contributed by atoms with Gasteiger partial charge in [-0.1, -0.05) is 0 Å². The summed E-state index contributed by atoms with van der Waals surface area (Å²) in [6.45, 7) is 4.04. The van der Waals surface area contributed by atoms with Crippen molar-refractivity contribution in [3.63, 3.8) is 0 Å². The van der Waals surface area contributed by atoms with E-state index in [0.29, 0.717) is 12.5 Å². The highest BCUT2D eigenvalue weighted by Gasteiger charge is 2.40. The highest BCUT2D eigenvalue weighted by Crippen LogP contribution is 2.39. The predicted molar refractivity (Wildman–Crippen MR) is 107 cm³/mol. The molecule has 0 aliphatic carbocycles. The fraction of sp³-hybridized carbons (Fsp3) is 0.476. The van der Waals surface area contributed by atoms with Crippen LogP contribution in [0.2, 0.25) is 0 Å². The number of nitrogens with zero attached hydrogens (tertiary/aromatic N) is 4. The number of H-pyrrole nitrogens is 1. The molecule has 7 heteroatoms. The van der Waals surface area contributed by atoms with Crippen LogP contribution in [0.1, 0.15) is 37.7 Å². The molecular weight excluding hydrogens is 354 g/mol. The molecule has 2 fully saturated rings. The molecule has 2 N–H and O–H groups in total. The van der Waals surface area contributed by atoms with E-state index in [-0.39, 0.29) is 6.17 Å². The first-order valence-corrected chi connectivity index (χ1v) is 9.94. The standard InChI is InChI=1S/C21H25N5O2/c1-21(28)5-9-25(12-21)18-10-14(4-8-26(18)13-27)15-2-6-22-17-11-24-20-16(19(15)17)3-7-23-20/h2-3,6-7,11,13-14,18,22,28H,4-5,8-10,12H2,1H3. The maximum Gasteiger partial charge on any atom is 0.210 e. The lowest BCUT2D eigenvalue weighted by atomic mass is 9.85. The molecular formula is C21H25N5O2. The number of aromatic amines is 1. The first-order valence-electron chi connectivity index (χ1n) is 9.94. The molecule has 5 heterocycles. The van der Waals surface area contributed by atoms with Gasteiger partial charge in [0, 0.05) is 42.8 Å². The summed E-state index contributed by atoms with van der Waals surface area (Å²) in [4.78, 5) is 28.0. The lowest BCUT2D eigenvalue weighted by molar-refractivity contribution is -0.126. The molecule has 1 amide bonds. The van der Waals surface area contributed by atoms with Gasteiger partial charge in [0.15, 0.2) is 5.65 Å². The highest BCUT2D eigenvalue weighted by molar-refractivity contribution is 6.05. The number of carbonyl (C=O) groups is 1. The molecule has 3 atom stereocenters. The molecule has 3 unspecified atom stereocenters. The summed E-state index contributed by atoms with van der Waals surface area (Å²) >= 11 is 0. The van der Waals surface area contributed by atoms with Crippen molar-refractivity contribution in [2.75, 3.05) is 19.6 Å². The number of rotatable bonds is 3. The third-order valence-corrected chi connectivity index (χ3v) is 6.42. The lowest BCUT2D eigenvalue weighted by Crippen LogP contribution is -2.51. The quantitative estimate of drug-likeness (QED) is 0.682. The van der Waals surface area contributed by atoms with Crippen LogP contribution in [0.5, 0.6) is 0 Å². The van der Waals surface area contributed by atoms with E-state index in [1.165, 1.54) is 10.9 Å². The number of pyridine rings is 2. The van der Waals surface area contributed by atoms with E-state index >= 15 is 0 Å². The summed E-state index contributed by atoms with van der Waals surface area (Å²) < 4.78 is 0. The Bertz CT molecular complexity index is 1030. The summed E-state index contributed by atoms with van der Waals surface area (Å²) in [5.41, 5.74) is 2.40. The summed E-state index contributed by atoms with van der Waals surface area (Å²) in [6, 6.07) is 4.19. The Labute approximate surface area is 163 Å². The molecule has 7 nitrogen and oxygen atoms in total. The van der Waals surface area contributed by atoms with Gasteiger partial charge in [0.25, 0.3) is 0 Å². The number of hydrogen-bond donors (Lipinski definition) is 2. The van der Waals surface area contributed by atoms with E-state index in [0.717, 1.165) is 55.3 Å².